The number of nitrogens with one attached hydrogen (secondary N) is 2. The molecule has 1 saturated heterocycles. The van der Waals surface area contributed by atoms with Crippen LogP contribution in [-0.4, -0.2) is 70.0 Å². The van der Waals surface area contributed by atoms with Gasteiger partial charge in [0.05, 0.1) is 16.9 Å². The summed E-state index contributed by atoms with van der Waals surface area (Å²) in [6, 6.07) is 10.9. The third-order valence-electron chi connectivity index (χ3n) is 7.96. The highest BCUT2D eigenvalue weighted by molar-refractivity contribution is 7.92. The summed E-state index contributed by atoms with van der Waals surface area (Å²) in [5.41, 5.74) is -0.360. The van der Waals surface area contributed by atoms with Gasteiger partial charge >= 0.3 is 6.09 Å². The van der Waals surface area contributed by atoms with Crippen molar-refractivity contribution in [1.82, 2.24) is 19.9 Å². The van der Waals surface area contributed by atoms with Crippen LogP contribution in [0.2, 0.25) is 0 Å². The van der Waals surface area contributed by atoms with Crippen molar-refractivity contribution in [3.63, 3.8) is 0 Å². The second-order valence-corrected chi connectivity index (χ2v) is 13.6. The van der Waals surface area contributed by atoms with Crippen LogP contribution in [0, 0.1) is 18.7 Å². The number of amides is 1. The number of halogens is 2. The van der Waals surface area contributed by atoms with Gasteiger partial charge in [-0.15, -0.1) is 0 Å². The number of carbonyl (C=O) groups is 1. The first kappa shape index (κ1) is 30.4. The first-order valence-electron chi connectivity index (χ1n) is 14.5. The number of hydrogen-bond donors (Lipinski definition) is 3. The van der Waals surface area contributed by atoms with Gasteiger partial charge in [-0.2, -0.15) is 0 Å². The molecule has 3 heterocycles. The zero-order chi connectivity index (χ0) is 31.9. The summed E-state index contributed by atoms with van der Waals surface area (Å²) >= 11 is 0. The number of likely N-dealkylation sites (tertiary alicyclic amines) is 1. The van der Waals surface area contributed by atoms with Gasteiger partial charge in [0.15, 0.2) is 0 Å². The van der Waals surface area contributed by atoms with E-state index >= 15 is 4.39 Å². The van der Waals surface area contributed by atoms with E-state index in [9.17, 15) is 22.7 Å². The van der Waals surface area contributed by atoms with E-state index in [1.165, 1.54) is 11.0 Å². The number of pyridine rings is 1. The SMILES string of the molecule is Cc1ccc2c(NS(=O)(=O)CC3(F)CC3)c(F)ccc2c1Oc1ncccc1-c1ccnc(NC2CC(C)CN(C(=O)O)C2)n1. The molecule has 3 N–H and O–H groups in total. The Balaban J connectivity index is 1.30. The number of fused-ring (bicyclic) bond motifs is 1. The predicted octanol–water partition coefficient (Wildman–Crippen LogP) is 5.98. The van der Waals surface area contributed by atoms with Gasteiger partial charge in [-0.25, -0.2) is 36.9 Å². The third-order valence-corrected chi connectivity index (χ3v) is 9.37. The van der Waals surface area contributed by atoms with Gasteiger partial charge in [0.1, 0.15) is 23.0 Å². The Labute approximate surface area is 258 Å². The number of nitrogens with zero attached hydrogens (tertiary/aromatic N) is 4. The van der Waals surface area contributed by atoms with Crippen LogP contribution in [-0.2, 0) is 10.0 Å². The van der Waals surface area contributed by atoms with Crippen LogP contribution < -0.4 is 14.8 Å². The third kappa shape index (κ3) is 6.75. The molecule has 2 aromatic carbocycles. The number of carboxylic acid groups (broad SMARTS) is 1. The second kappa shape index (κ2) is 11.7. The number of benzene rings is 2. The summed E-state index contributed by atoms with van der Waals surface area (Å²) in [4.78, 5) is 26.4. The fraction of sp³-hybridized carbons (Fsp3) is 0.355. The largest absolute Gasteiger partial charge is 0.465 e. The predicted molar refractivity (Wildman–Crippen MR) is 165 cm³/mol. The number of aromatic nitrogens is 3. The summed E-state index contributed by atoms with van der Waals surface area (Å²) in [5.74, 6) is -0.532. The highest BCUT2D eigenvalue weighted by Crippen LogP contribution is 2.43. The lowest BCUT2D eigenvalue weighted by molar-refractivity contribution is 0.119. The molecular weight excluding hydrogens is 606 g/mol. The van der Waals surface area contributed by atoms with Crippen LogP contribution >= 0.6 is 0 Å². The van der Waals surface area contributed by atoms with Crippen LogP contribution in [0.4, 0.5) is 25.2 Å². The lowest BCUT2D eigenvalue weighted by Gasteiger charge is -2.35. The molecule has 0 radical (unpaired) electrons. The number of sulfonamides is 1. The number of hydrogen-bond acceptors (Lipinski definition) is 8. The van der Waals surface area contributed by atoms with E-state index in [0.717, 1.165) is 12.5 Å². The van der Waals surface area contributed by atoms with Gasteiger partial charge in [0, 0.05) is 42.3 Å². The molecule has 0 bridgehead atoms. The Kier molecular flexibility index (Phi) is 7.93. The summed E-state index contributed by atoms with van der Waals surface area (Å²) in [7, 11) is -4.16. The maximum Gasteiger partial charge on any atom is 0.407 e. The molecule has 2 unspecified atom stereocenters. The quantitative estimate of drug-likeness (QED) is 0.202. The molecule has 4 aromatic rings. The molecule has 11 nitrogen and oxygen atoms in total. The maximum absolute atomic E-state index is 15.0. The summed E-state index contributed by atoms with van der Waals surface area (Å²) in [5, 5.41) is 13.4. The number of alkyl halides is 1. The van der Waals surface area contributed by atoms with E-state index in [1.807, 2.05) is 6.92 Å². The Bertz CT molecular complexity index is 1890. The fourth-order valence-electron chi connectivity index (χ4n) is 5.65. The van der Waals surface area contributed by atoms with Crippen LogP contribution in [0.3, 0.4) is 0 Å². The van der Waals surface area contributed by atoms with Crippen molar-refractivity contribution in [2.45, 2.75) is 44.8 Å². The van der Waals surface area contributed by atoms with E-state index in [-0.39, 0.29) is 41.8 Å². The van der Waals surface area contributed by atoms with Gasteiger partial charge in [-0.3, -0.25) is 4.72 Å². The van der Waals surface area contributed by atoms with Crippen molar-refractivity contribution in [3.05, 3.63) is 66.2 Å². The van der Waals surface area contributed by atoms with Crippen LogP contribution in [0.15, 0.2) is 54.9 Å². The molecule has 14 heteroatoms. The number of rotatable bonds is 9. The number of anilines is 2. The highest BCUT2D eigenvalue weighted by atomic mass is 32.2. The monoisotopic (exact) mass is 638 g/mol. The molecule has 0 spiro atoms. The Morgan fingerprint density at radius 2 is 1.89 bits per heavy atom. The fourth-order valence-corrected chi connectivity index (χ4v) is 7.21. The zero-order valence-corrected chi connectivity index (χ0v) is 25.4. The topological polar surface area (TPSA) is 147 Å². The first-order chi connectivity index (χ1) is 21.4. The molecule has 2 aliphatic rings. The lowest BCUT2D eigenvalue weighted by Crippen LogP contribution is -2.47. The molecule has 45 heavy (non-hydrogen) atoms. The van der Waals surface area contributed by atoms with Gasteiger partial charge in [0.2, 0.25) is 21.9 Å². The van der Waals surface area contributed by atoms with Crippen molar-refractivity contribution in [2.24, 2.45) is 5.92 Å². The summed E-state index contributed by atoms with van der Waals surface area (Å²) in [6.07, 6.45) is 3.23. The molecule has 2 aromatic heterocycles. The molecule has 1 aliphatic carbocycles. The molecule has 1 amide bonds. The normalized spacial score (nSPS) is 19.2. The van der Waals surface area contributed by atoms with Gasteiger partial charge in [-0.05, 0) is 68.0 Å². The zero-order valence-electron chi connectivity index (χ0n) is 24.6. The summed E-state index contributed by atoms with van der Waals surface area (Å²) < 4.78 is 63.3. The van der Waals surface area contributed by atoms with Crippen molar-refractivity contribution in [1.29, 1.82) is 0 Å². The molecule has 236 valence electrons. The van der Waals surface area contributed by atoms with Gasteiger partial charge in [0.25, 0.3) is 0 Å². The van der Waals surface area contributed by atoms with Gasteiger partial charge in [-0.1, -0.05) is 19.1 Å². The molecule has 2 fully saturated rings. The Morgan fingerprint density at radius 3 is 2.64 bits per heavy atom. The number of aryl methyl sites for hydroxylation is 1. The standard InChI is InChI=1S/C31H32F2N6O5S/c1-18-14-20(16-39(15-18)30(40)41)36-29-35-13-9-25(37-29)23-4-3-12-34-28(23)44-27-19(2)5-6-21-22(27)7-8-24(32)26(21)38-45(42,43)17-31(33)10-11-31/h3-9,12-13,18,20,38H,10-11,14-17H2,1-2H3,(H,40,41)(H,35,36,37). The van der Waals surface area contributed by atoms with E-state index in [2.05, 4.69) is 25.0 Å². The molecule has 1 aliphatic heterocycles. The van der Waals surface area contributed by atoms with E-state index in [0.29, 0.717) is 47.0 Å². The van der Waals surface area contributed by atoms with Crippen molar-refractivity contribution in [2.75, 3.05) is 28.9 Å². The van der Waals surface area contributed by atoms with E-state index < -0.39 is 33.4 Å². The first-order valence-corrected chi connectivity index (χ1v) is 16.2. The highest BCUT2D eigenvalue weighted by Gasteiger charge is 2.47. The van der Waals surface area contributed by atoms with Crippen molar-refractivity contribution in [3.8, 4) is 22.9 Å². The molecular formula is C31H32F2N6O5S. The van der Waals surface area contributed by atoms with E-state index in [1.54, 1.807) is 49.6 Å². The average Bonchev–Trinajstić information content (AvgIpc) is 3.71. The molecule has 2 atom stereocenters. The second-order valence-electron chi connectivity index (χ2n) is 11.8. The van der Waals surface area contributed by atoms with Crippen LogP contribution in [0.5, 0.6) is 11.6 Å². The van der Waals surface area contributed by atoms with Crippen LogP contribution in [0.1, 0.15) is 31.7 Å². The van der Waals surface area contributed by atoms with E-state index in [4.69, 9.17) is 4.74 Å². The minimum Gasteiger partial charge on any atom is -0.465 e. The maximum atomic E-state index is 15.0. The lowest BCUT2D eigenvalue weighted by atomic mass is 9.96. The van der Waals surface area contributed by atoms with Crippen LogP contribution in [0.25, 0.3) is 22.0 Å². The minimum atomic E-state index is -4.16. The Hall–Kier alpha value is -4.59. The van der Waals surface area contributed by atoms with Gasteiger partial charge < -0.3 is 20.1 Å². The van der Waals surface area contributed by atoms with Crippen molar-refractivity contribution >= 4 is 38.5 Å². The minimum absolute atomic E-state index is 0.155. The Morgan fingerprint density at radius 1 is 1.11 bits per heavy atom. The van der Waals surface area contributed by atoms with Crippen molar-refractivity contribution < 1.29 is 31.8 Å². The number of ether oxygens (including phenoxy) is 1. The smallest absolute Gasteiger partial charge is 0.407 e. The number of piperidine rings is 1. The average molecular weight is 639 g/mol. The molecule has 6 rings (SSSR count). The summed E-state index contributed by atoms with van der Waals surface area (Å²) in [6.45, 7) is 4.57. The molecule has 1 saturated carbocycles.